The molecule has 0 aromatic carbocycles. The number of aromatic nitrogens is 2. The third-order valence-electron chi connectivity index (χ3n) is 2.38. The van der Waals surface area contributed by atoms with Gasteiger partial charge in [-0.1, -0.05) is 0 Å². The van der Waals surface area contributed by atoms with E-state index < -0.39 is 0 Å². The summed E-state index contributed by atoms with van der Waals surface area (Å²) in [7, 11) is 0. The van der Waals surface area contributed by atoms with Crippen LogP contribution in [0.2, 0.25) is 0 Å². The quantitative estimate of drug-likeness (QED) is 0.864. The minimum atomic E-state index is -0.292. The van der Waals surface area contributed by atoms with Crippen LogP contribution in [0.4, 0.5) is 5.95 Å². The summed E-state index contributed by atoms with van der Waals surface area (Å²) in [6.45, 7) is 6.41. The van der Waals surface area contributed by atoms with Gasteiger partial charge in [-0.25, -0.2) is 9.97 Å². The zero-order chi connectivity index (χ0) is 13.2. The smallest absolute Gasteiger partial charge is 0.222 e. The molecule has 2 aromatic rings. The molecule has 0 aliphatic heterocycles. The van der Waals surface area contributed by atoms with Crippen molar-refractivity contribution in [3.63, 3.8) is 0 Å². The van der Waals surface area contributed by atoms with Gasteiger partial charge in [-0.15, -0.1) is 0 Å². The van der Waals surface area contributed by atoms with Crippen molar-refractivity contribution in [2.45, 2.75) is 26.3 Å². The molecule has 0 radical (unpaired) electrons. The summed E-state index contributed by atoms with van der Waals surface area (Å²) in [6, 6.07) is 3.82. The molecule has 2 aromatic heterocycles. The van der Waals surface area contributed by atoms with Crippen LogP contribution in [0.15, 0.2) is 28.9 Å². The van der Waals surface area contributed by atoms with Gasteiger partial charge in [0.05, 0.1) is 5.56 Å². The number of anilines is 1. The topological polar surface area (TPSA) is 77.0 Å². The van der Waals surface area contributed by atoms with Gasteiger partial charge in [0.2, 0.25) is 5.95 Å². The molecule has 0 aliphatic carbocycles. The third-order valence-corrected chi connectivity index (χ3v) is 2.38. The number of nitrogens with zero attached hydrogens (tertiary/aromatic N) is 2. The van der Waals surface area contributed by atoms with Crippen LogP contribution in [-0.2, 0) is 0 Å². The summed E-state index contributed by atoms with van der Waals surface area (Å²) < 4.78 is 5.50. The van der Waals surface area contributed by atoms with Crippen LogP contribution in [0, 0.1) is 6.92 Å². The Morgan fingerprint density at radius 2 is 1.94 bits per heavy atom. The lowest BCUT2D eigenvalue weighted by Crippen LogP contribution is -2.39. The molecule has 18 heavy (non-hydrogen) atoms. The standard InChI is InChI=1S/C13H18N4O/c1-9-4-5-11(18-9)10-6-15-12(16-7-10)17-8-13(2,3)14/h4-7H,8,14H2,1-3H3,(H,15,16,17). The molecular formula is C13H18N4O. The lowest BCUT2D eigenvalue weighted by molar-refractivity contribution is 0.545. The number of rotatable bonds is 4. The molecule has 5 nitrogen and oxygen atoms in total. The fourth-order valence-electron chi connectivity index (χ4n) is 1.44. The Kier molecular flexibility index (Phi) is 3.34. The van der Waals surface area contributed by atoms with Crippen molar-refractivity contribution in [1.82, 2.24) is 9.97 Å². The molecule has 0 fully saturated rings. The van der Waals surface area contributed by atoms with Gasteiger partial charge < -0.3 is 15.5 Å². The van der Waals surface area contributed by atoms with Crippen LogP contribution < -0.4 is 11.1 Å². The first kappa shape index (κ1) is 12.6. The van der Waals surface area contributed by atoms with Crippen LogP contribution in [0.3, 0.4) is 0 Å². The van der Waals surface area contributed by atoms with Gasteiger partial charge in [-0.05, 0) is 32.9 Å². The maximum atomic E-state index is 5.87. The molecule has 2 rings (SSSR count). The maximum absolute atomic E-state index is 5.87. The zero-order valence-electron chi connectivity index (χ0n) is 10.9. The highest BCUT2D eigenvalue weighted by Crippen LogP contribution is 2.20. The Labute approximate surface area is 106 Å². The molecule has 0 saturated heterocycles. The number of nitrogens with one attached hydrogen (secondary N) is 1. The van der Waals surface area contributed by atoms with Gasteiger partial charge in [0.1, 0.15) is 11.5 Å². The summed E-state index contributed by atoms with van der Waals surface area (Å²) in [6.07, 6.45) is 3.47. The normalized spacial score (nSPS) is 11.6. The van der Waals surface area contributed by atoms with E-state index in [0.29, 0.717) is 12.5 Å². The lowest BCUT2D eigenvalue weighted by Gasteiger charge is -2.18. The highest BCUT2D eigenvalue weighted by atomic mass is 16.3. The molecule has 3 N–H and O–H groups in total. The molecule has 0 spiro atoms. The summed E-state index contributed by atoms with van der Waals surface area (Å²) in [4.78, 5) is 8.46. The Morgan fingerprint density at radius 3 is 2.44 bits per heavy atom. The Balaban J connectivity index is 2.06. The van der Waals surface area contributed by atoms with Gasteiger partial charge in [-0.2, -0.15) is 0 Å². The molecule has 5 heteroatoms. The number of hydrogen-bond donors (Lipinski definition) is 2. The first-order valence-electron chi connectivity index (χ1n) is 5.86. The summed E-state index contributed by atoms with van der Waals surface area (Å²) in [5, 5.41) is 3.09. The monoisotopic (exact) mass is 246 g/mol. The highest BCUT2D eigenvalue weighted by molar-refractivity contribution is 5.55. The zero-order valence-corrected chi connectivity index (χ0v) is 10.9. The second-order valence-corrected chi connectivity index (χ2v) is 5.05. The minimum absolute atomic E-state index is 0.292. The average Bonchev–Trinajstić information content (AvgIpc) is 2.73. The van der Waals surface area contributed by atoms with E-state index in [1.165, 1.54) is 0 Å². The highest BCUT2D eigenvalue weighted by Gasteiger charge is 2.11. The van der Waals surface area contributed by atoms with Crippen molar-refractivity contribution >= 4 is 5.95 Å². The van der Waals surface area contributed by atoms with Gasteiger partial charge in [0.15, 0.2) is 0 Å². The Hall–Kier alpha value is -1.88. The van der Waals surface area contributed by atoms with Crippen LogP contribution in [0.5, 0.6) is 0 Å². The fraction of sp³-hybridized carbons (Fsp3) is 0.385. The SMILES string of the molecule is Cc1ccc(-c2cnc(NCC(C)(C)N)nc2)o1. The third kappa shape index (κ3) is 3.30. The second kappa shape index (κ2) is 4.78. The molecule has 0 saturated carbocycles. The molecule has 0 amide bonds. The van der Waals surface area contributed by atoms with Crippen molar-refractivity contribution < 1.29 is 4.42 Å². The van der Waals surface area contributed by atoms with Crippen LogP contribution in [0.1, 0.15) is 19.6 Å². The molecule has 0 aliphatic rings. The van der Waals surface area contributed by atoms with Gasteiger partial charge >= 0.3 is 0 Å². The molecule has 0 bridgehead atoms. The van der Waals surface area contributed by atoms with Crippen LogP contribution >= 0.6 is 0 Å². The van der Waals surface area contributed by atoms with Crippen LogP contribution in [0.25, 0.3) is 11.3 Å². The van der Waals surface area contributed by atoms with Gasteiger partial charge in [0.25, 0.3) is 0 Å². The van der Waals surface area contributed by atoms with Crippen LogP contribution in [-0.4, -0.2) is 22.1 Å². The first-order valence-corrected chi connectivity index (χ1v) is 5.86. The van der Waals surface area contributed by atoms with E-state index in [1.54, 1.807) is 12.4 Å². The summed E-state index contributed by atoms with van der Waals surface area (Å²) in [5.74, 6) is 2.22. The van der Waals surface area contributed by atoms with E-state index in [0.717, 1.165) is 17.1 Å². The maximum Gasteiger partial charge on any atom is 0.222 e. The van der Waals surface area contributed by atoms with E-state index >= 15 is 0 Å². The first-order chi connectivity index (χ1) is 8.44. The van der Waals surface area contributed by atoms with Crippen molar-refractivity contribution in [2.24, 2.45) is 5.73 Å². The van der Waals surface area contributed by atoms with E-state index in [-0.39, 0.29) is 5.54 Å². The Morgan fingerprint density at radius 1 is 1.28 bits per heavy atom. The second-order valence-electron chi connectivity index (χ2n) is 5.05. The molecular weight excluding hydrogens is 228 g/mol. The molecule has 96 valence electrons. The van der Waals surface area contributed by atoms with Crippen molar-refractivity contribution in [3.8, 4) is 11.3 Å². The predicted molar refractivity (Wildman–Crippen MR) is 71.2 cm³/mol. The number of hydrogen-bond acceptors (Lipinski definition) is 5. The summed E-state index contributed by atoms with van der Waals surface area (Å²) >= 11 is 0. The average molecular weight is 246 g/mol. The van der Waals surface area contributed by atoms with E-state index in [1.807, 2.05) is 32.9 Å². The van der Waals surface area contributed by atoms with Gasteiger partial charge in [0, 0.05) is 24.5 Å². The largest absolute Gasteiger partial charge is 0.461 e. The van der Waals surface area contributed by atoms with E-state index in [2.05, 4.69) is 15.3 Å². The number of furan rings is 1. The minimum Gasteiger partial charge on any atom is -0.461 e. The van der Waals surface area contributed by atoms with Gasteiger partial charge in [-0.3, -0.25) is 0 Å². The van der Waals surface area contributed by atoms with Crippen molar-refractivity contribution in [3.05, 3.63) is 30.3 Å². The molecule has 0 unspecified atom stereocenters. The molecule has 2 heterocycles. The fourth-order valence-corrected chi connectivity index (χ4v) is 1.44. The predicted octanol–water partition coefficient (Wildman–Crippen LogP) is 2.19. The van der Waals surface area contributed by atoms with Crippen molar-refractivity contribution in [2.75, 3.05) is 11.9 Å². The lowest BCUT2D eigenvalue weighted by atomic mass is 10.1. The number of aryl methyl sites for hydroxylation is 1. The summed E-state index contributed by atoms with van der Waals surface area (Å²) in [5.41, 5.74) is 6.44. The Bertz CT molecular complexity index is 511. The molecule has 0 atom stereocenters. The van der Waals surface area contributed by atoms with E-state index in [9.17, 15) is 0 Å². The number of nitrogens with two attached hydrogens (primary N) is 1. The van der Waals surface area contributed by atoms with Crippen molar-refractivity contribution in [1.29, 1.82) is 0 Å². The van der Waals surface area contributed by atoms with E-state index in [4.69, 9.17) is 10.2 Å².